The minimum absolute atomic E-state index is 0.00471. The van der Waals surface area contributed by atoms with Crippen LogP contribution in [0.5, 0.6) is 0 Å². The van der Waals surface area contributed by atoms with Crippen molar-refractivity contribution in [3.05, 3.63) is 67.6 Å². The Morgan fingerprint density at radius 3 is 2.64 bits per heavy atom. The van der Waals surface area contributed by atoms with Gasteiger partial charge in [0.2, 0.25) is 0 Å². The third kappa shape index (κ3) is 2.99. The predicted octanol–water partition coefficient (Wildman–Crippen LogP) is 4.27. The largest absolute Gasteiger partial charge is 0.389 e. The highest BCUT2D eigenvalue weighted by atomic mass is 127. The number of aryl methyl sites for hydroxylation is 1. The lowest BCUT2D eigenvalue weighted by Crippen LogP contribution is -2.12. The molecule has 0 bridgehead atoms. The van der Waals surface area contributed by atoms with Crippen molar-refractivity contribution >= 4 is 39.5 Å². The normalized spacial score (nSPS) is 12.3. The summed E-state index contributed by atoms with van der Waals surface area (Å²) in [6.45, 7) is 3.88. The molecule has 2 aromatic carbocycles. The van der Waals surface area contributed by atoms with Crippen LogP contribution in [0, 0.1) is 10.5 Å². The van der Waals surface area contributed by atoms with E-state index >= 15 is 0 Å². The fourth-order valence-electron chi connectivity index (χ4n) is 2.36. The average Bonchev–Trinajstić information content (AvgIpc) is 2.47. The molecular formula is C17H15IN2O2. The van der Waals surface area contributed by atoms with Crippen molar-refractivity contribution in [1.82, 2.24) is 4.98 Å². The quantitative estimate of drug-likeness (QED) is 0.660. The number of anilines is 1. The molecule has 0 unspecified atom stereocenters. The average molecular weight is 406 g/mol. The molecule has 0 saturated carbocycles. The molecule has 0 aliphatic rings. The molecule has 0 amide bonds. The van der Waals surface area contributed by atoms with Crippen LogP contribution in [0.25, 0.3) is 10.9 Å². The van der Waals surface area contributed by atoms with Crippen LogP contribution in [-0.2, 0) is 0 Å². The lowest BCUT2D eigenvalue weighted by atomic mass is 10.1. The van der Waals surface area contributed by atoms with E-state index in [-0.39, 0.29) is 17.7 Å². The molecule has 3 rings (SSSR count). The number of halogens is 1. The molecule has 1 atom stereocenters. The topological polar surface area (TPSA) is 55.1 Å². The van der Waals surface area contributed by atoms with Gasteiger partial charge in [-0.2, -0.15) is 4.98 Å². The number of aromatic nitrogens is 1. The van der Waals surface area contributed by atoms with Crippen molar-refractivity contribution in [3.8, 4) is 0 Å². The monoisotopic (exact) mass is 406 g/mol. The van der Waals surface area contributed by atoms with E-state index in [1.54, 1.807) is 0 Å². The van der Waals surface area contributed by atoms with E-state index in [0.717, 1.165) is 11.1 Å². The van der Waals surface area contributed by atoms with E-state index in [1.165, 1.54) is 3.57 Å². The fourth-order valence-corrected chi connectivity index (χ4v) is 2.72. The zero-order valence-electron chi connectivity index (χ0n) is 12.3. The molecule has 0 fully saturated rings. The number of rotatable bonds is 3. The van der Waals surface area contributed by atoms with Gasteiger partial charge in [0.1, 0.15) is 0 Å². The summed E-state index contributed by atoms with van der Waals surface area (Å²) in [5, 5.41) is 3.69. The van der Waals surface area contributed by atoms with Crippen LogP contribution in [0.2, 0.25) is 0 Å². The van der Waals surface area contributed by atoms with Gasteiger partial charge in [-0.05, 0) is 65.8 Å². The molecule has 112 valence electrons. The zero-order chi connectivity index (χ0) is 15.7. The van der Waals surface area contributed by atoms with Gasteiger partial charge in [-0.15, -0.1) is 0 Å². The molecule has 0 radical (unpaired) electrons. The first kappa shape index (κ1) is 15.0. The van der Waals surface area contributed by atoms with Gasteiger partial charge < -0.3 is 9.73 Å². The molecule has 4 nitrogen and oxygen atoms in total. The van der Waals surface area contributed by atoms with Gasteiger partial charge in [0, 0.05) is 3.57 Å². The molecule has 1 N–H and O–H groups in total. The summed E-state index contributed by atoms with van der Waals surface area (Å²) < 4.78 is 6.49. The Kier molecular flexibility index (Phi) is 4.15. The second-order valence-electron chi connectivity index (χ2n) is 5.19. The smallest absolute Gasteiger partial charge is 0.348 e. The molecule has 0 saturated heterocycles. The zero-order valence-corrected chi connectivity index (χ0v) is 14.4. The van der Waals surface area contributed by atoms with Crippen LogP contribution in [0.1, 0.15) is 24.1 Å². The van der Waals surface area contributed by atoms with Crippen LogP contribution in [0.3, 0.4) is 0 Å². The Morgan fingerprint density at radius 2 is 1.91 bits per heavy atom. The number of fused-ring (bicyclic) bond motifs is 1. The van der Waals surface area contributed by atoms with E-state index in [0.29, 0.717) is 10.9 Å². The van der Waals surface area contributed by atoms with Gasteiger partial charge in [-0.25, -0.2) is 4.79 Å². The van der Waals surface area contributed by atoms with Crippen molar-refractivity contribution in [2.75, 3.05) is 5.32 Å². The molecule has 22 heavy (non-hydrogen) atoms. The number of benzene rings is 2. The maximum absolute atomic E-state index is 12.1. The molecule has 0 aliphatic heterocycles. The number of nitrogens with zero attached hydrogens (tertiary/aromatic N) is 1. The maximum Gasteiger partial charge on any atom is 0.348 e. The molecule has 0 aliphatic carbocycles. The number of hydrogen-bond acceptors (Lipinski definition) is 4. The van der Waals surface area contributed by atoms with Crippen LogP contribution in [0.4, 0.5) is 6.01 Å². The van der Waals surface area contributed by atoms with Crippen molar-refractivity contribution in [2.24, 2.45) is 0 Å². The Morgan fingerprint density at radius 1 is 1.18 bits per heavy atom. The van der Waals surface area contributed by atoms with Crippen LogP contribution in [-0.4, -0.2) is 4.98 Å². The van der Waals surface area contributed by atoms with E-state index in [1.807, 2.05) is 56.3 Å². The van der Waals surface area contributed by atoms with Crippen molar-refractivity contribution in [2.45, 2.75) is 19.9 Å². The predicted molar refractivity (Wildman–Crippen MR) is 96.2 cm³/mol. The van der Waals surface area contributed by atoms with Crippen molar-refractivity contribution < 1.29 is 4.42 Å². The van der Waals surface area contributed by atoms with Gasteiger partial charge in [0.05, 0.1) is 16.9 Å². The van der Waals surface area contributed by atoms with Gasteiger partial charge in [0.15, 0.2) is 0 Å². The summed E-state index contributed by atoms with van der Waals surface area (Å²) in [5.74, 6) is 0. The summed E-state index contributed by atoms with van der Waals surface area (Å²) in [7, 11) is 0. The van der Waals surface area contributed by atoms with E-state index in [2.05, 4.69) is 32.9 Å². The lowest BCUT2D eigenvalue weighted by Gasteiger charge is -2.14. The first-order chi connectivity index (χ1) is 10.5. The van der Waals surface area contributed by atoms with E-state index < -0.39 is 0 Å². The summed E-state index contributed by atoms with van der Waals surface area (Å²) >= 11 is 2.27. The van der Waals surface area contributed by atoms with Gasteiger partial charge in [-0.1, -0.05) is 24.3 Å². The van der Waals surface area contributed by atoms with Crippen LogP contribution >= 0.6 is 22.6 Å². The summed E-state index contributed by atoms with van der Waals surface area (Å²) in [4.78, 5) is 16.5. The molecule has 1 heterocycles. The Hall–Kier alpha value is -1.89. The lowest BCUT2D eigenvalue weighted by molar-refractivity contribution is 0.510. The van der Waals surface area contributed by atoms with E-state index in [4.69, 9.17) is 4.42 Å². The third-order valence-corrected chi connectivity index (χ3v) is 4.30. The van der Waals surface area contributed by atoms with Gasteiger partial charge >= 0.3 is 5.63 Å². The minimum atomic E-state index is -0.361. The Balaban J connectivity index is 1.94. The fraction of sp³-hybridized carbons (Fsp3) is 0.176. The van der Waals surface area contributed by atoms with Crippen molar-refractivity contribution in [1.29, 1.82) is 0 Å². The molecule has 5 heteroatoms. The number of hydrogen-bond donors (Lipinski definition) is 1. The third-order valence-electron chi connectivity index (χ3n) is 3.58. The van der Waals surface area contributed by atoms with Gasteiger partial charge in [-0.3, -0.25) is 0 Å². The van der Waals surface area contributed by atoms with E-state index in [9.17, 15) is 4.79 Å². The second kappa shape index (κ2) is 6.08. The van der Waals surface area contributed by atoms with Gasteiger partial charge in [0.25, 0.3) is 6.01 Å². The second-order valence-corrected chi connectivity index (χ2v) is 6.44. The first-order valence-electron chi connectivity index (χ1n) is 6.97. The molecule has 3 aromatic rings. The highest BCUT2D eigenvalue weighted by Gasteiger charge is 2.11. The first-order valence-corrected chi connectivity index (χ1v) is 8.05. The van der Waals surface area contributed by atoms with Crippen LogP contribution < -0.4 is 10.9 Å². The van der Waals surface area contributed by atoms with Crippen molar-refractivity contribution in [3.63, 3.8) is 0 Å². The Bertz CT molecular complexity index is 872. The standard InChI is InChI=1S/C17H15IN2O2/c1-10-4-3-5-14-15(10)16(21)22-17(20-14)19-11(2)12-6-8-13(18)9-7-12/h3-9,11H,1-2H3,(H,19,20)/t11-/m1/s1. The summed E-state index contributed by atoms with van der Waals surface area (Å²) in [6, 6.07) is 14.0. The molecular weight excluding hydrogens is 391 g/mol. The summed E-state index contributed by atoms with van der Waals surface area (Å²) in [5.41, 5.74) is 2.26. The minimum Gasteiger partial charge on any atom is -0.389 e. The molecule has 1 aromatic heterocycles. The Labute approximate surface area is 141 Å². The number of nitrogens with one attached hydrogen (secondary N) is 1. The van der Waals surface area contributed by atoms with Crippen LogP contribution in [0.15, 0.2) is 51.7 Å². The highest BCUT2D eigenvalue weighted by Crippen LogP contribution is 2.20. The highest BCUT2D eigenvalue weighted by molar-refractivity contribution is 14.1. The maximum atomic E-state index is 12.1. The summed E-state index contributed by atoms with van der Waals surface area (Å²) in [6.07, 6.45) is 0. The SMILES string of the molecule is Cc1cccc2nc(N[C@H](C)c3ccc(I)cc3)oc(=O)c12. The molecule has 0 spiro atoms.